The summed E-state index contributed by atoms with van der Waals surface area (Å²) in [5.74, 6) is -0.299. The number of anilines is 3. The lowest BCUT2D eigenvalue weighted by Gasteiger charge is -2.07. The van der Waals surface area contributed by atoms with Gasteiger partial charge in [-0.2, -0.15) is 0 Å². The average molecular weight is 388 g/mol. The molecule has 0 bridgehead atoms. The number of nitrogen functional groups attached to an aromatic ring is 1. The normalized spacial score (nSPS) is 11.1. The van der Waals surface area contributed by atoms with Crippen molar-refractivity contribution in [2.75, 3.05) is 22.0 Å². The minimum absolute atomic E-state index is 0.299. The van der Waals surface area contributed by atoms with Crippen LogP contribution in [0.4, 0.5) is 17.1 Å². The molecule has 0 aliphatic carbocycles. The second kappa shape index (κ2) is 7.14. The Morgan fingerprint density at radius 1 is 1.15 bits per heavy atom. The number of amides is 1. The molecule has 0 radical (unpaired) electrons. The number of carbonyl (C=O) groups excluding carboxylic acids is 1. The Morgan fingerprint density at radius 3 is 2.65 bits per heavy atom. The van der Waals surface area contributed by atoms with Crippen molar-refractivity contribution in [1.29, 1.82) is 0 Å². The van der Waals surface area contributed by atoms with Crippen molar-refractivity contribution in [3.05, 3.63) is 58.9 Å². The Labute approximate surface area is 154 Å². The summed E-state index contributed by atoms with van der Waals surface area (Å²) >= 11 is 1.28. The molecule has 134 valence electrons. The zero-order valence-corrected chi connectivity index (χ0v) is 15.4. The Morgan fingerprint density at radius 2 is 1.92 bits per heavy atom. The highest BCUT2D eigenvalue weighted by Crippen LogP contribution is 2.28. The summed E-state index contributed by atoms with van der Waals surface area (Å²) in [5, 5.41) is 4.56. The minimum Gasteiger partial charge on any atom is -0.397 e. The Hall–Kier alpha value is -2.91. The lowest BCUT2D eigenvalue weighted by molar-refractivity contribution is 0.103. The van der Waals surface area contributed by atoms with Crippen LogP contribution in [0.1, 0.15) is 9.67 Å². The fourth-order valence-electron chi connectivity index (χ4n) is 2.31. The SMILES string of the molecule is CS(=O)(=O)Nc1cccc(NC(=O)c2cc(-c3ncccc3N)cs2)c1. The van der Waals surface area contributed by atoms with Crippen LogP contribution in [0.2, 0.25) is 0 Å². The third-order valence-electron chi connectivity index (χ3n) is 3.36. The van der Waals surface area contributed by atoms with Crippen LogP contribution >= 0.6 is 11.3 Å². The van der Waals surface area contributed by atoms with Crippen molar-refractivity contribution in [3.8, 4) is 11.3 Å². The van der Waals surface area contributed by atoms with E-state index in [0.717, 1.165) is 11.8 Å². The van der Waals surface area contributed by atoms with Crippen molar-refractivity contribution in [3.63, 3.8) is 0 Å². The molecule has 4 N–H and O–H groups in total. The van der Waals surface area contributed by atoms with Crippen LogP contribution in [-0.2, 0) is 10.0 Å². The Balaban J connectivity index is 1.77. The van der Waals surface area contributed by atoms with Crippen LogP contribution in [0, 0.1) is 0 Å². The zero-order chi connectivity index (χ0) is 18.7. The maximum atomic E-state index is 12.4. The van der Waals surface area contributed by atoms with Gasteiger partial charge in [-0.05, 0) is 36.4 Å². The van der Waals surface area contributed by atoms with Gasteiger partial charge < -0.3 is 11.1 Å². The van der Waals surface area contributed by atoms with Gasteiger partial charge in [0, 0.05) is 22.8 Å². The third kappa shape index (κ3) is 4.38. The summed E-state index contributed by atoms with van der Waals surface area (Å²) in [4.78, 5) is 17.2. The van der Waals surface area contributed by atoms with Gasteiger partial charge in [0.2, 0.25) is 10.0 Å². The molecule has 0 aliphatic rings. The average Bonchev–Trinajstić information content (AvgIpc) is 3.04. The number of benzene rings is 1. The van der Waals surface area contributed by atoms with Gasteiger partial charge in [0.15, 0.2) is 0 Å². The lowest BCUT2D eigenvalue weighted by atomic mass is 10.2. The maximum Gasteiger partial charge on any atom is 0.265 e. The van der Waals surface area contributed by atoms with E-state index < -0.39 is 10.0 Å². The first-order valence-corrected chi connectivity index (χ1v) is 10.3. The number of nitrogens with zero attached hydrogens (tertiary/aromatic N) is 1. The number of hydrogen-bond donors (Lipinski definition) is 3. The molecule has 1 aromatic carbocycles. The number of nitrogens with two attached hydrogens (primary N) is 1. The van der Waals surface area contributed by atoms with Gasteiger partial charge in [0.25, 0.3) is 5.91 Å². The number of aromatic nitrogens is 1. The van der Waals surface area contributed by atoms with Crippen molar-refractivity contribution in [2.24, 2.45) is 0 Å². The number of hydrogen-bond acceptors (Lipinski definition) is 6. The van der Waals surface area contributed by atoms with Gasteiger partial charge in [0.1, 0.15) is 0 Å². The van der Waals surface area contributed by atoms with Crippen molar-refractivity contribution < 1.29 is 13.2 Å². The zero-order valence-electron chi connectivity index (χ0n) is 13.8. The molecule has 0 atom stereocenters. The number of nitrogens with one attached hydrogen (secondary N) is 2. The monoisotopic (exact) mass is 388 g/mol. The molecule has 0 saturated carbocycles. The van der Waals surface area contributed by atoms with Crippen LogP contribution in [0.25, 0.3) is 11.3 Å². The highest BCUT2D eigenvalue weighted by Gasteiger charge is 2.13. The van der Waals surface area contributed by atoms with E-state index in [2.05, 4.69) is 15.0 Å². The number of rotatable bonds is 5. The molecule has 0 fully saturated rings. The van der Waals surface area contributed by atoms with Crippen LogP contribution in [-0.4, -0.2) is 25.6 Å². The predicted molar refractivity (Wildman–Crippen MR) is 105 cm³/mol. The molecule has 26 heavy (non-hydrogen) atoms. The summed E-state index contributed by atoms with van der Waals surface area (Å²) in [5.41, 5.74) is 8.70. The van der Waals surface area contributed by atoms with E-state index in [-0.39, 0.29) is 5.91 Å². The molecular weight excluding hydrogens is 372 g/mol. The van der Waals surface area contributed by atoms with Gasteiger partial charge in [-0.3, -0.25) is 14.5 Å². The molecule has 0 spiro atoms. The smallest absolute Gasteiger partial charge is 0.265 e. The van der Waals surface area contributed by atoms with E-state index >= 15 is 0 Å². The fourth-order valence-corrected chi connectivity index (χ4v) is 3.65. The minimum atomic E-state index is -3.39. The number of thiophene rings is 1. The maximum absolute atomic E-state index is 12.4. The lowest BCUT2D eigenvalue weighted by Crippen LogP contribution is -2.12. The van der Waals surface area contributed by atoms with E-state index in [1.54, 1.807) is 48.7 Å². The molecule has 2 heterocycles. The second-order valence-electron chi connectivity index (χ2n) is 5.55. The van der Waals surface area contributed by atoms with E-state index in [1.165, 1.54) is 11.3 Å². The molecule has 2 aromatic heterocycles. The molecule has 3 rings (SSSR count). The van der Waals surface area contributed by atoms with Gasteiger partial charge >= 0.3 is 0 Å². The van der Waals surface area contributed by atoms with E-state index in [9.17, 15) is 13.2 Å². The first-order chi connectivity index (χ1) is 12.3. The Bertz CT molecular complexity index is 1060. The van der Waals surface area contributed by atoms with Crippen molar-refractivity contribution in [1.82, 2.24) is 4.98 Å². The van der Waals surface area contributed by atoms with E-state index in [0.29, 0.717) is 27.6 Å². The van der Waals surface area contributed by atoms with Gasteiger partial charge in [-0.25, -0.2) is 8.42 Å². The first kappa shape index (κ1) is 17.9. The topological polar surface area (TPSA) is 114 Å². The van der Waals surface area contributed by atoms with E-state index in [4.69, 9.17) is 5.73 Å². The van der Waals surface area contributed by atoms with Crippen LogP contribution < -0.4 is 15.8 Å². The molecule has 0 saturated heterocycles. The largest absolute Gasteiger partial charge is 0.397 e. The fraction of sp³-hybridized carbons (Fsp3) is 0.0588. The summed E-state index contributed by atoms with van der Waals surface area (Å²) in [6.07, 6.45) is 2.71. The number of carbonyl (C=O) groups is 1. The predicted octanol–water partition coefficient (Wildman–Crippen LogP) is 3.02. The van der Waals surface area contributed by atoms with Gasteiger partial charge in [0.05, 0.1) is 28.2 Å². The third-order valence-corrected chi connectivity index (χ3v) is 4.89. The summed E-state index contributed by atoms with van der Waals surface area (Å²) in [6, 6.07) is 11.7. The van der Waals surface area contributed by atoms with Crippen molar-refractivity contribution >= 4 is 44.3 Å². The number of sulfonamides is 1. The highest BCUT2D eigenvalue weighted by molar-refractivity contribution is 7.92. The second-order valence-corrected chi connectivity index (χ2v) is 8.21. The highest BCUT2D eigenvalue weighted by atomic mass is 32.2. The molecule has 1 amide bonds. The van der Waals surface area contributed by atoms with Crippen LogP contribution in [0.3, 0.4) is 0 Å². The molecule has 9 heteroatoms. The molecule has 3 aromatic rings. The molecular formula is C17H16N4O3S2. The van der Waals surface area contributed by atoms with Gasteiger partial charge in [-0.1, -0.05) is 6.07 Å². The standard InChI is InChI=1S/C17H16N4O3S2/c1-26(23,24)21-13-5-2-4-12(9-13)20-17(22)15-8-11(10-25-15)16-14(18)6-3-7-19-16/h2-10,21H,18H2,1H3,(H,20,22). The first-order valence-electron chi connectivity index (χ1n) is 7.50. The number of pyridine rings is 1. The van der Waals surface area contributed by atoms with Crippen LogP contribution in [0.5, 0.6) is 0 Å². The Kier molecular flexibility index (Phi) is 4.92. The summed E-state index contributed by atoms with van der Waals surface area (Å²) in [6.45, 7) is 0. The summed E-state index contributed by atoms with van der Waals surface area (Å²) in [7, 11) is -3.39. The van der Waals surface area contributed by atoms with Crippen molar-refractivity contribution in [2.45, 2.75) is 0 Å². The molecule has 7 nitrogen and oxygen atoms in total. The molecule has 0 aliphatic heterocycles. The quantitative estimate of drug-likeness (QED) is 0.622. The summed E-state index contributed by atoms with van der Waals surface area (Å²) < 4.78 is 25.0. The van der Waals surface area contributed by atoms with E-state index in [1.807, 2.05) is 5.38 Å². The molecule has 0 unspecified atom stereocenters. The van der Waals surface area contributed by atoms with Gasteiger partial charge in [-0.15, -0.1) is 11.3 Å². The van der Waals surface area contributed by atoms with Crippen LogP contribution in [0.15, 0.2) is 54.0 Å².